The van der Waals surface area contributed by atoms with Gasteiger partial charge in [-0.1, -0.05) is 17.7 Å². The van der Waals surface area contributed by atoms with Crippen molar-refractivity contribution in [2.75, 3.05) is 12.8 Å². The second-order valence-corrected chi connectivity index (χ2v) is 11.0. The molecule has 0 saturated carbocycles. The van der Waals surface area contributed by atoms with E-state index in [1.807, 2.05) is 6.07 Å². The number of sulfone groups is 1. The molecule has 0 radical (unpaired) electrons. The number of nitrogens with zero attached hydrogens (tertiary/aromatic N) is 3. The van der Waals surface area contributed by atoms with E-state index in [-0.39, 0.29) is 22.9 Å². The zero-order chi connectivity index (χ0) is 20.1. The molecule has 28 heavy (non-hydrogen) atoms. The highest BCUT2D eigenvalue weighted by molar-refractivity contribution is 7.91. The third-order valence-electron chi connectivity index (χ3n) is 4.62. The monoisotopic (exact) mass is 437 g/mol. The van der Waals surface area contributed by atoms with E-state index >= 15 is 0 Å². The average molecular weight is 438 g/mol. The molecule has 2 aromatic heterocycles. The molecular formula is C18H16ClN3O4S2. The molecule has 0 spiro atoms. The van der Waals surface area contributed by atoms with Gasteiger partial charge in [-0.3, -0.25) is 0 Å². The van der Waals surface area contributed by atoms with Crippen molar-refractivity contribution in [3.8, 4) is 0 Å². The molecule has 0 aliphatic carbocycles. The van der Waals surface area contributed by atoms with Crippen molar-refractivity contribution in [3.05, 3.63) is 58.9 Å². The number of hydrogen-bond donors (Lipinski definition) is 0. The molecular weight excluding hydrogens is 422 g/mol. The van der Waals surface area contributed by atoms with Gasteiger partial charge in [-0.05, 0) is 35.9 Å². The largest absolute Gasteiger partial charge is 0.243 e. The van der Waals surface area contributed by atoms with Crippen molar-refractivity contribution >= 4 is 42.5 Å². The predicted octanol–water partition coefficient (Wildman–Crippen LogP) is 2.43. The van der Waals surface area contributed by atoms with E-state index in [9.17, 15) is 16.8 Å². The highest BCUT2D eigenvalue weighted by Crippen LogP contribution is 2.28. The van der Waals surface area contributed by atoms with E-state index in [0.29, 0.717) is 17.1 Å². The molecule has 4 rings (SSSR count). The fourth-order valence-electron chi connectivity index (χ4n) is 3.19. The summed E-state index contributed by atoms with van der Waals surface area (Å²) >= 11 is 5.99. The predicted molar refractivity (Wildman–Crippen MR) is 105 cm³/mol. The van der Waals surface area contributed by atoms with Crippen molar-refractivity contribution in [1.29, 1.82) is 0 Å². The summed E-state index contributed by atoms with van der Waals surface area (Å²) in [4.78, 5) is 8.65. The minimum atomic E-state index is -3.85. The molecule has 0 fully saturated rings. The van der Waals surface area contributed by atoms with E-state index in [4.69, 9.17) is 11.6 Å². The van der Waals surface area contributed by atoms with Crippen molar-refractivity contribution in [2.45, 2.75) is 22.8 Å². The molecule has 0 saturated heterocycles. The van der Waals surface area contributed by atoms with Gasteiger partial charge < -0.3 is 0 Å². The molecule has 1 aromatic carbocycles. The summed E-state index contributed by atoms with van der Waals surface area (Å²) in [5.41, 5.74) is 2.16. The standard InChI is InChI=1S/C18H16ClN3O4S2/c1-27(23,24)15-3-2-4-16(9-15)28(25,26)22-6-5-17-13(11-22)7-12-8-14(19)10-20-18(12)21-17/h2-4,7-10H,5-6,11H2,1H3. The Morgan fingerprint density at radius 3 is 2.57 bits per heavy atom. The van der Waals surface area contributed by atoms with Gasteiger partial charge in [0.2, 0.25) is 10.0 Å². The first kappa shape index (κ1) is 19.3. The Bertz CT molecular complexity index is 1310. The number of rotatable bonds is 3. The summed E-state index contributed by atoms with van der Waals surface area (Å²) in [5.74, 6) is 0. The maximum absolute atomic E-state index is 13.1. The van der Waals surface area contributed by atoms with Crippen LogP contribution in [-0.2, 0) is 32.8 Å². The first-order valence-electron chi connectivity index (χ1n) is 8.39. The lowest BCUT2D eigenvalue weighted by Crippen LogP contribution is -2.36. The Balaban J connectivity index is 1.72. The summed E-state index contributed by atoms with van der Waals surface area (Å²) in [6.07, 6.45) is 3.02. The number of benzene rings is 1. The Kier molecular flexibility index (Phi) is 4.65. The van der Waals surface area contributed by atoms with Gasteiger partial charge in [-0.15, -0.1) is 0 Å². The molecule has 146 valence electrons. The van der Waals surface area contributed by atoms with Crippen LogP contribution in [0.25, 0.3) is 11.0 Å². The minimum absolute atomic E-state index is 0.0284. The van der Waals surface area contributed by atoms with Gasteiger partial charge in [0.15, 0.2) is 15.5 Å². The smallest absolute Gasteiger partial charge is 0.235 e. The van der Waals surface area contributed by atoms with E-state index in [1.165, 1.54) is 34.8 Å². The summed E-state index contributed by atoms with van der Waals surface area (Å²) < 4.78 is 51.0. The zero-order valence-corrected chi connectivity index (χ0v) is 17.2. The molecule has 7 nitrogen and oxygen atoms in total. The van der Waals surface area contributed by atoms with Crippen LogP contribution < -0.4 is 0 Å². The lowest BCUT2D eigenvalue weighted by molar-refractivity contribution is 0.388. The number of fused-ring (bicyclic) bond motifs is 2. The molecule has 0 atom stereocenters. The van der Waals surface area contributed by atoms with Crippen LogP contribution in [0.5, 0.6) is 0 Å². The summed E-state index contributed by atoms with van der Waals surface area (Å²) in [6.45, 7) is 0.404. The van der Waals surface area contributed by atoms with E-state index in [1.54, 1.807) is 6.07 Å². The van der Waals surface area contributed by atoms with Crippen LogP contribution in [-0.4, -0.2) is 43.9 Å². The minimum Gasteiger partial charge on any atom is -0.235 e. The Hall–Kier alpha value is -2.07. The first-order chi connectivity index (χ1) is 13.1. The Morgan fingerprint density at radius 2 is 1.82 bits per heavy atom. The van der Waals surface area contributed by atoms with Crippen LogP contribution in [0.3, 0.4) is 0 Å². The van der Waals surface area contributed by atoms with Crippen molar-refractivity contribution in [1.82, 2.24) is 14.3 Å². The van der Waals surface area contributed by atoms with Crippen LogP contribution >= 0.6 is 11.6 Å². The summed E-state index contributed by atoms with van der Waals surface area (Å²) in [7, 11) is -7.36. The van der Waals surface area contributed by atoms with Gasteiger partial charge in [0.1, 0.15) is 0 Å². The van der Waals surface area contributed by atoms with Crippen molar-refractivity contribution in [2.24, 2.45) is 0 Å². The maximum Gasteiger partial charge on any atom is 0.243 e. The molecule has 10 heteroatoms. The van der Waals surface area contributed by atoms with Gasteiger partial charge in [0.05, 0.1) is 14.8 Å². The molecule has 0 unspecified atom stereocenters. The van der Waals surface area contributed by atoms with Crippen LogP contribution in [0.2, 0.25) is 5.02 Å². The number of hydrogen-bond acceptors (Lipinski definition) is 6. The number of aromatic nitrogens is 2. The number of halogens is 1. The molecule has 3 aromatic rings. The van der Waals surface area contributed by atoms with Crippen LogP contribution in [0.1, 0.15) is 11.3 Å². The first-order valence-corrected chi connectivity index (χ1v) is 12.1. The third kappa shape index (κ3) is 3.50. The maximum atomic E-state index is 13.1. The fraction of sp³-hybridized carbons (Fsp3) is 0.222. The Labute approximate surface area is 168 Å². The van der Waals surface area contributed by atoms with Crippen LogP contribution in [0.4, 0.5) is 0 Å². The second kappa shape index (κ2) is 6.77. The lowest BCUT2D eigenvalue weighted by Gasteiger charge is -2.27. The Morgan fingerprint density at radius 1 is 1.07 bits per heavy atom. The van der Waals surface area contributed by atoms with Gasteiger partial charge in [-0.25, -0.2) is 26.8 Å². The fourth-order valence-corrected chi connectivity index (χ4v) is 5.56. The van der Waals surface area contributed by atoms with Gasteiger partial charge in [0, 0.05) is 43.0 Å². The van der Waals surface area contributed by atoms with E-state index in [2.05, 4.69) is 9.97 Å². The lowest BCUT2D eigenvalue weighted by atomic mass is 10.1. The molecule has 1 aliphatic heterocycles. The van der Waals surface area contributed by atoms with Crippen molar-refractivity contribution < 1.29 is 16.8 Å². The third-order valence-corrected chi connectivity index (χ3v) is 7.78. The van der Waals surface area contributed by atoms with E-state index < -0.39 is 19.9 Å². The molecule has 0 N–H and O–H groups in total. The number of sulfonamides is 1. The van der Waals surface area contributed by atoms with Gasteiger partial charge in [0.25, 0.3) is 0 Å². The van der Waals surface area contributed by atoms with Gasteiger partial charge in [-0.2, -0.15) is 4.31 Å². The topological polar surface area (TPSA) is 97.3 Å². The van der Waals surface area contributed by atoms with Crippen LogP contribution in [0, 0.1) is 0 Å². The quantitative estimate of drug-likeness (QED) is 0.624. The average Bonchev–Trinajstić information content (AvgIpc) is 2.65. The highest BCUT2D eigenvalue weighted by atomic mass is 35.5. The SMILES string of the molecule is CS(=O)(=O)c1cccc(S(=O)(=O)N2CCc3nc4ncc(Cl)cc4cc3C2)c1. The second-order valence-electron chi connectivity index (χ2n) is 6.63. The normalized spacial score (nSPS) is 15.5. The van der Waals surface area contributed by atoms with Crippen molar-refractivity contribution in [3.63, 3.8) is 0 Å². The van der Waals surface area contributed by atoms with Crippen LogP contribution in [0.15, 0.2) is 52.4 Å². The molecule has 0 amide bonds. The zero-order valence-electron chi connectivity index (χ0n) is 14.8. The van der Waals surface area contributed by atoms with Gasteiger partial charge >= 0.3 is 0 Å². The molecule has 1 aliphatic rings. The summed E-state index contributed by atoms with van der Waals surface area (Å²) in [6, 6.07) is 9.01. The highest BCUT2D eigenvalue weighted by Gasteiger charge is 2.30. The molecule has 0 bridgehead atoms. The summed E-state index contributed by atoms with van der Waals surface area (Å²) in [5, 5.41) is 1.22. The number of pyridine rings is 2. The van der Waals surface area contributed by atoms with E-state index in [0.717, 1.165) is 22.9 Å². The molecule has 3 heterocycles.